The van der Waals surface area contributed by atoms with Crippen molar-refractivity contribution in [3.8, 4) is 0 Å². The van der Waals surface area contributed by atoms with Crippen molar-refractivity contribution in [2.24, 2.45) is 52.3 Å². The number of Topliss-reactive ketones (excluding diaryl/α,β-unsaturated/α-hetero) is 1. The van der Waals surface area contributed by atoms with Gasteiger partial charge in [-0.15, -0.1) is 0 Å². The number of carbonyl (C=O) groups is 1. The van der Waals surface area contributed by atoms with Crippen LogP contribution in [0.4, 0.5) is 0 Å². The fraction of sp³-hybridized carbons (Fsp3) is 0.963. The highest BCUT2D eigenvalue weighted by molar-refractivity contribution is 5.87. The molecule has 7 unspecified atom stereocenters. The molecule has 0 amide bonds. The lowest BCUT2D eigenvalue weighted by molar-refractivity contribution is -0.160. The van der Waals surface area contributed by atoms with E-state index in [0.29, 0.717) is 47.2 Å². The van der Waals surface area contributed by atoms with Crippen LogP contribution < -0.4 is 0 Å². The van der Waals surface area contributed by atoms with Crippen LogP contribution in [-0.4, -0.2) is 40.9 Å². The van der Waals surface area contributed by atoms with Gasteiger partial charge in [0.05, 0.1) is 18.3 Å². The molecule has 31 heavy (non-hydrogen) atoms. The first-order chi connectivity index (χ1) is 14.7. The first-order valence-electron chi connectivity index (χ1n) is 13.2. The summed E-state index contributed by atoms with van der Waals surface area (Å²) in [6.45, 7) is 9.42. The zero-order chi connectivity index (χ0) is 22.1. The molecule has 0 bridgehead atoms. The van der Waals surface area contributed by atoms with Crippen molar-refractivity contribution in [3.05, 3.63) is 0 Å². The molecule has 5 rings (SSSR count). The Morgan fingerprint density at radius 2 is 1.94 bits per heavy atom. The summed E-state index contributed by atoms with van der Waals surface area (Å²) >= 11 is 0. The predicted octanol–water partition coefficient (Wildman–Crippen LogP) is 4.61. The Morgan fingerprint density at radius 3 is 2.68 bits per heavy atom. The molecule has 5 aliphatic rings. The first kappa shape index (κ1) is 22.3. The summed E-state index contributed by atoms with van der Waals surface area (Å²) in [5.74, 6) is 3.82. The van der Waals surface area contributed by atoms with Crippen LogP contribution >= 0.6 is 0 Å². The van der Waals surface area contributed by atoms with E-state index in [1.54, 1.807) is 0 Å². The number of ether oxygens (including phenoxy) is 1. The third-order valence-corrected chi connectivity index (χ3v) is 11.3. The lowest BCUT2D eigenvalue weighted by atomic mass is 9.44. The molecule has 5 fully saturated rings. The quantitative estimate of drug-likeness (QED) is 0.681. The molecule has 1 saturated heterocycles. The van der Waals surface area contributed by atoms with Gasteiger partial charge in [0.15, 0.2) is 0 Å². The largest absolute Gasteiger partial charge is 0.396 e. The van der Waals surface area contributed by atoms with Crippen molar-refractivity contribution in [1.29, 1.82) is 0 Å². The Morgan fingerprint density at radius 1 is 1.16 bits per heavy atom. The van der Waals surface area contributed by atoms with E-state index in [1.807, 2.05) is 0 Å². The van der Waals surface area contributed by atoms with Gasteiger partial charge in [-0.1, -0.05) is 27.7 Å². The highest BCUT2D eigenvalue weighted by Gasteiger charge is 2.68. The van der Waals surface area contributed by atoms with Gasteiger partial charge in [-0.2, -0.15) is 0 Å². The van der Waals surface area contributed by atoms with E-state index in [9.17, 15) is 15.0 Å². The molecule has 4 nitrogen and oxygen atoms in total. The summed E-state index contributed by atoms with van der Waals surface area (Å²) in [4.78, 5) is 13.9. The summed E-state index contributed by atoms with van der Waals surface area (Å²) < 4.78 is 6.66. The van der Waals surface area contributed by atoms with Crippen LogP contribution in [0.15, 0.2) is 0 Å². The van der Waals surface area contributed by atoms with Crippen LogP contribution in [-0.2, 0) is 9.53 Å². The predicted molar refractivity (Wildman–Crippen MR) is 120 cm³/mol. The van der Waals surface area contributed by atoms with Crippen molar-refractivity contribution in [1.82, 2.24) is 0 Å². The fourth-order valence-corrected chi connectivity index (χ4v) is 9.47. The van der Waals surface area contributed by atoms with Gasteiger partial charge in [0.2, 0.25) is 0 Å². The second kappa shape index (κ2) is 7.81. The van der Waals surface area contributed by atoms with Crippen LogP contribution in [0.3, 0.4) is 0 Å². The van der Waals surface area contributed by atoms with Gasteiger partial charge < -0.3 is 14.9 Å². The van der Waals surface area contributed by atoms with E-state index in [0.717, 1.165) is 44.9 Å². The number of hydrogen-bond acceptors (Lipinski definition) is 4. The molecule has 176 valence electrons. The maximum absolute atomic E-state index is 13.9. The molecule has 12 atom stereocenters. The third kappa shape index (κ3) is 3.21. The highest BCUT2D eigenvalue weighted by atomic mass is 16.5. The van der Waals surface area contributed by atoms with Crippen molar-refractivity contribution in [3.63, 3.8) is 0 Å². The maximum atomic E-state index is 13.9. The van der Waals surface area contributed by atoms with Gasteiger partial charge in [-0.05, 0) is 92.3 Å². The Labute approximate surface area is 188 Å². The molecular weight excluding hydrogens is 388 g/mol. The monoisotopic (exact) mass is 432 g/mol. The molecule has 4 saturated carbocycles. The summed E-state index contributed by atoms with van der Waals surface area (Å²) in [5.41, 5.74) is 0.00620. The van der Waals surface area contributed by atoms with Gasteiger partial charge in [0.25, 0.3) is 0 Å². The first-order valence-corrected chi connectivity index (χ1v) is 13.2. The second-order valence-electron chi connectivity index (χ2n) is 12.7. The zero-order valence-electron chi connectivity index (χ0n) is 20.1. The lowest BCUT2D eigenvalue weighted by Gasteiger charge is -2.60. The summed E-state index contributed by atoms with van der Waals surface area (Å²) in [7, 11) is 0. The van der Waals surface area contributed by atoms with E-state index < -0.39 is 0 Å². The molecule has 1 heterocycles. The average Bonchev–Trinajstić information content (AvgIpc) is 3.22. The van der Waals surface area contributed by atoms with Crippen LogP contribution in [0.1, 0.15) is 85.5 Å². The number of rotatable bonds is 4. The van der Waals surface area contributed by atoms with E-state index in [1.165, 1.54) is 12.8 Å². The Hall–Kier alpha value is -0.450. The van der Waals surface area contributed by atoms with Crippen molar-refractivity contribution >= 4 is 5.78 Å². The molecule has 0 aromatic carbocycles. The molecular formula is C27H44O4. The minimum absolute atomic E-state index is 0.134. The summed E-state index contributed by atoms with van der Waals surface area (Å²) in [5, 5.41) is 19.7. The van der Waals surface area contributed by atoms with Gasteiger partial charge in [-0.3, -0.25) is 4.79 Å². The molecule has 0 aromatic heterocycles. The maximum Gasteiger partial charge on any atom is 0.139 e. The van der Waals surface area contributed by atoms with Crippen LogP contribution in [0.5, 0.6) is 0 Å². The van der Waals surface area contributed by atoms with E-state index in [2.05, 4.69) is 27.7 Å². The lowest BCUT2D eigenvalue weighted by Crippen LogP contribution is -2.57. The minimum atomic E-state index is -0.222. The Kier molecular flexibility index (Phi) is 5.63. The number of ketones is 1. The van der Waals surface area contributed by atoms with Crippen molar-refractivity contribution < 1.29 is 19.7 Å². The second-order valence-corrected chi connectivity index (χ2v) is 12.7. The van der Waals surface area contributed by atoms with Crippen LogP contribution in [0, 0.1) is 52.3 Å². The molecule has 4 heteroatoms. The molecule has 0 spiro atoms. The number of hydrogen-bond donors (Lipinski definition) is 2. The number of fused-ring (bicyclic) bond motifs is 7. The van der Waals surface area contributed by atoms with Crippen molar-refractivity contribution in [2.45, 2.75) is 104 Å². The topological polar surface area (TPSA) is 66.8 Å². The number of aliphatic hydroxyl groups is 2. The Bertz CT molecular complexity index is 707. The molecule has 0 radical (unpaired) electrons. The standard InChI is InChI=1S/C27H44O4/c1-15(14-28)5-8-22-16(2)25-23(31-22)12-21-19-7-6-17-11-18(29)9-10-26(17,3)20(19)13-24(30)27(21,25)4/h15-23,25,28-29H,5-14H2,1-4H3/t15?,16?,17-,18+,19?,20?,21?,22?,23+,25?,26+,27-/m1/s1. The van der Waals surface area contributed by atoms with Gasteiger partial charge >= 0.3 is 0 Å². The molecule has 4 aliphatic carbocycles. The highest BCUT2D eigenvalue weighted by Crippen LogP contribution is 2.69. The minimum Gasteiger partial charge on any atom is -0.396 e. The van der Waals surface area contributed by atoms with E-state index >= 15 is 0 Å². The zero-order valence-corrected chi connectivity index (χ0v) is 20.1. The molecule has 0 aromatic rings. The fourth-order valence-electron chi connectivity index (χ4n) is 9.47. The Balaban J connectivity index is 1.37. The molecule has 1 aliphatic heterocycles. The van der Waals surface area contributed by atoms with Gasteiger partial charge in [0, 0.05) is 24.4 Å². The summed E-state index contributed by atoms with van der Waals surface area (Å²) in [6.07, 6.45) is 9.54. The average molecular weight is 433 g/mol. The van der Waals surface area contributed by atoms with E-state index in [4.69, 9.17) is 4.74 Å². The van der Waals surface area contributed by atoms with Crippen LogP contribution in [0.25, 0.3) is 0 Å². The normalized spacial score (nSPS) is 54.6. The van der Waals surface area contributed by atoms with E-state index in [-0.39, 0.29) is 35.7 Å². The van der Waals surface area contributed by atoms with Gasteiger partial charge in [0.1, 0.15) is 5.78 Å². The summed E-state index contributed by atoms with van der Waals surface area (Å²) in [6, 6.07) is 0. The van der Waals surface area contributed by atoms with Crippen molar-refractivity contribution in [2.75, 3.05) is 6.61 Å². The third-order valence-electron chi connectivity index (χ3n) is 11.3. The van der Waals surface area contributed by atoms with Crippen LogP contribution in [0.2, 0.25) is 0 Å². The molecule has 2 N–H and O–H groups in total. The SMILES string of the molecule is CC(CO)CCC1O[C@H]2CC3C4CC[C@@H]5C[C@@H](O)CC[C@]5(C)C4CC(=O)[C@]3(C)C2C1C. The number of aliphatic hydroxyl groups excluding tert-OH is 2. The smallest absolute Gasteiger partial charge is 0.139 e. The number of carbonyl (C=O) groups excluding carboxylic acids is 1. The van der Waals surface area contributed by atoms with Gasteiger partial charge in [-0.25, -0.2) is 0 Å².